The molecule has 32 heavy (non-hydrogen) atoms. The highest BCUT2D eigenvalue weighted by Gasteiger charge is 2.52. The molecule has 4 unspecified atom stereocenters. The zero-order chi connectivity index (χ0) is 22.7. The number of ether oxygens (including phenoxy) is 4. The third-order valence-corrected chi connectivity index (χ3v) is 5.83. The fraction of sp³-hybridized carbons (Fsp3) is 0.409. The predicted molar refractivity (Wildman–Crippen MR) is 113 cm³/mol. The lowest BCUT2D eigenvalue weighted by Crippen LogP contribution is -2.67. The van der Waals surface area contributed by atoms with Crippen LogP contribution in [-0.2, 0) is 33.2 Å². The summed E-state index contributed by atoms with van der Waals surface area (Å²) in [6, 6.07) is 16.8. The van der Waals surface area contributed by atoms with Gasteiger partial charge in [-0.25, -0.2) is 0 Å². The molecule has 2 saturated heterocycles. The van der Waals surface area contributed by atoms with Gasteiger partial charge in [0.25, 0.3) is 16.0 Å². The number of methoxy groups -OCH3 is 1. The molecule has 0 aromatic heterocycles. The number of fused-ring (bicyclic) bond motifs is 1. The van der Waals surface area contributed by atoms with E-state index >= 15 is 0 Å². The Morgan fingerprint density at radius 2 is 1.69 bits per heavy atom. The maximum Gasteiger partial charge on any atom is 0.264 e. The van der Waals surface area contributed by atoms with Gasteiger partial charge in [0, 0.05) is 18.2 Å². The summed E-state index contributed by atoms with van der Waals surface area (Å²) >= 11 is 0. The van der Waals surface area contributed by atoms with E-state index in [1.54, 1.807) is 30.3 Å². The smallest absolute Gasteiger partial charge is 0.264 e. The second-order valence-corrected chi connectivity index (χ2v) is 9.19. The van der Waals surface area contributed by atoms with Crippen molar-refractivity contribution >= 4 is 16.0 Å². The third kappa shape index (κ3) is 5.17. The zero-order valence-electron chi connectivity index (χ0n) is 17.6. The highest BCUT2D eigenvalue weighted by molar-refractivity contribution is 7.86. The molecule has 2 aliphatic rings. The lowest BCUT2D eigenvalue weighted by Gasteiger charge is -2.48. The van der Waals surface area contributed by atoms with Crippen LogP contribution in [0.5, 0.6) is 0 Å². The lowest BCUT2D eigenvalue weighted by molar-refractivity contribution is -0.337. The molecule has 10 heteroatoms. The predicted octanol–water partition coefficient (Wildman–Crippen LogP) is 1.62. The molecule has 9 nitrogen and oxygen atoms in total. The number of benzene rings is 2. The average Bonchev–Trinajstić information content (AvgIpc) is 2.80. The van der Waals surface area contributed by atoms with Gasteiger partial charge < -0.3 is 24.3 Å². The first-order valence-corrected chi connectivity index (χ1v) is 11.9. The van der Waals surface area contributed by atoms with E-state index in [1.807, 2.05) is 30.3 Å². The van der Waals surface area contributed by atoms with E-state index in [4.69, 9.17) is 23.1 Å². The lowest BCUT2D eigenvalue weighted by atomic mass is 9.95. The van der Waals surface area contributed by atoms with Gasteiger partial charge in [-0.1, -0.05) is 48.5 Å². The van der Waals surface area contributed by atoms with E-state index in [0.29, 0.717) is 5.56 Å². The molecule has 0 aliphatic carbocycles. The van der Waals surface area contributed by atoms with Gasteiger partial charge in [0.05, 0.1) is 12.9 Å². The molecule has 2 aromatic carbocycles. The minimum atomic E-state index is -3.90. The zero-order valence-corrected chi connectivity index (χ0v) is 18.4. The molecule has 0 radical (unpaired) electrons. The summed E-state index contributed by atoms with van der Waals surface area (Å²) in [6.07, 6.45) is -3.36. The van der Waals surface area contributed by atoms with E-state index in [1.165, 1.54) is 7.11 Å². The molecule has 0 bridgehead atoms. The van der Waals surface area contributed by atoms with Gasteiger partial charge in [-0.3, -0.25) is 8.98 Å². The van der Waals surface area contributed by atoms with Crippen molar-refractivity contribution in [3.05, 3.63) is 71.8 Å². The topological polar surface area (TPSA) is 109 Å². The molecular weight excluding hydrogens is 438 g/mol. The largest absolute Gasteiger partial charge is 0.354 e. The summed E-state index contributed by atoms with van der Waals surface area (Å²) in [6.45, 7) is 0.132. The molecule has 0 spiro atoms. The highest BCUT2D eigenvalue weighted by Crippen LogP contribution is 2.36. The molecule has 0 saturated carbocycles. The molecule has 2 heterocycles. The van der Waals surface area contributed by atoms with Crippen LogP contribution in [-0.4, -0.2) is 64.9 Å². The number of carbonyl (C=O) groups excluding carboxylic acids is 1. The summed E-state index contributed by atoms with van der Waals surface area (Å²) in [5.74, 6) is -0.423. The molecular formula is C22H25NO8S. The summed E-state index contributed by atoms with van der Waals surface area (Å²) in [7, 11) is -2.50. The van der Waals surface area contributed by atoms with E-state index in [-0.39, 0.29) is 6.61 Å². The van der Waals surface area contributed by atoms with Crippen molar-refractivity contribution in [1.29, 1.82) is 0 Å². The normalized spacial score (nSPS) is 30.3. The number of amides is 1. The van der Waals surface area contributed by atoms with Crippen LogP contribution < -0.4 is 5.32 Å². The van der Waals surface area contributed by atoms with Crippen molar-refractivity contribution < 1.29 is 36.3 Å². The van der Waals surface area contributed by atoms with Crippen LogP contribution in [0, 0.1) is 0 Å². The van der Waals surface area contributed by atoms with Crippen LogP contribution in [0.25, 0.3) is 0 Å². The Morgan fingerprint density at radius 1 is 1.03 bits per heavy atom. The van der Waals surface area contributed by atoms with E-state index in [2.05, 4.69) is 5.32 Å². The van der Waals surface area contributed by atoms with Crippen LogP contribution in [0.1, 0.15) is 22.2 Å². The summed E-state index contributed by atoms with van der Waals surface area (Å²) < 4.78 is 52.9. The molecule has 6 atom stereocenters. The molecule has 2 aromatic rings. The average molecular weight is 464 g/mol. The van der Waals surface area contributed by atoms with Gasteiger partial charge in [0.1, 0.15) is 24.4 Å². The van der Waals surface area contributed by atoms with Gasteiger partial charge in [0.2, 0.25) is 0 Å². The van der Waals surface area contributed by atoms with Crippen molar-refractivity contribution in [3.8, 4) is 0 Å². The standard InChI is InChI=1S/C22H25NO8S/c1-27-22-17(23-20(24)14-9-5-3-6-10-14)19(31-32(2,25)26)18-16(29-22)13-28-21(30-18)15-11-7-4-8-12-15/h3-12,16-19,21-22H,13H2,1-2H3,(H,23,24)/t16?,17?,18-,19+,21?,22?/m1/s1. The SMILES string of the molecule is COC1OC2COC(c3ccccc3)O[C@H]2[C@@H](OS(C)(=O)=O)C1NC(=O)c1ccccc1. The van der Waals surface area contributed by atoms with E-state index in [0.717, 1.165) is 11.8 Å². The maximum absolute atomic E-state index is 12.8. The number of hydrogen-bond acceptors (Lipinski definition) is 8. The fourth-order valence-electron chi connectivity index (χ4n) is 3.85. The van der Waals surface area contributed by atoms with Crippen LogP contribution >= 0.6 is 0 Å². The Bertz CT molecular complexity index is 1020. The number of carbonyl (C=O) groups is 1. The van der Waals surface area contributed by atoms with Crippen LogP contribution in [0.3, 0.4) is 0 Å². The van der Waals surface area contributed by atoms with E-state index in [9.17, 15) is 13.2 Å². The maximum atomic E-state index is 12.8. The van der Waals surface area contributed by atoms with Gasteiger partial charge in [-0.2, -0.15) is 8.42 Å². The third-order valence-electron chi connectivity index (χ3n) is 5.26. The molecule has 2 fully saturated rings. The first-order chi connectivity index (χ1) is 15.4. The van der Waals surface area contributed by atoms with Crippen molar-refractivity contribution in [1.82, 2.24) is 5.32 Å². The summed E-state index contributed by atoms with van der Waals surface area (Å²) in [4.78, 5) is 12.8. The van der Waals surface area contributed by atoms with Crippen molar-refractivity contribution in [3.63, 3.8) is 0 Å². The van der Waals surface area contributed by atoms with Gasteiger partial charge in [0.15, 0.2) is 12.6 Å². The van der Waals surface area contributed by atoms with Gasteiger partial charge in [-0.15, -0.1) is 0 Å². The minimum Gasteiger partial charge on any atom is -0.354 e. The molecule has 2 aliphatic heterocycles. The number of nitrogens with one attached hydrogen (secondary N) is 1. The first kappa shape index (κ1) is 22.8. The van der Waals surface area contributed by atoms with Crippen molar-refractivity contribution in [2.24, 2.45) is 0 Å². The highest BCUT2D eigenvalue weighted by atomic mass is 32.2. The monoisotopic (exact) mass is 463 g/mol. The Kier molecular flexibility index (Phi) is 6.89. The van der Waals surface area contributed by atoms with Crippen LogP contribution in [0.15, 0.2) is 60.7 Å². The number of rotatable bonds is 6. The van der Waals surface area contributed by atoms with Crippen molar-refractivity contribution in [2.45, 2.75) is 36.9 Å². The Morgan fingerprint density at radius 3 is 2.31 bits per heavy atom. The fourth-order valence-corrected chi connectivity index (χ4v) is 4.48. The first-order valence-electron chi connectivity index (χ1n) is 10.1. The Hall–Kier alpha value is -2.34. The summed E-state index contributed by atoms with van der Waals surface area (Å²) in [5.41, 5.74) is 1.17. The molecule has 1 amide bonds. The molecule has 4 rings (SSSR count). The Balaban J connectivity index is 1.63. The molecule has 172 valence electrons. The Labute approximate surface area is 186 Å². The van der Waals surface area contributed by atoms with E-state index < -0.39 is 53.0 Å². The second kappa shape index (κ2) is 9.65. The van der Waals surface area contributed by atoms with Crippen LogP contribution in [0.4, 0.5) is 0 Å². The minimum absolute atomic E-state index is 0.132. The second-order valence-electron chi connectivity index (χ2n) is 7.59. The van der Waals surface area contributed by atoms with Gasteiger partial charge >= 0.3 is 0 Å². The number of hydrogen-bond donors (Lipinski definition) is 1. The van der Waals surface area contributed by atoms with Crippen molar-refractivity contribution in [2.75, 3.05) is 20.0 Å². The van der Waals surface area contributed by atoms with Crippen LogP contribution in [0.2, 0.25) is 0 Å². The van der Waals surface area contributed by atoms with Gasteiger partial charge in [-0.05, 0) is 12.1 Å². The molecule has 1 N–H and O–H groups in total. The quantitative estimate of drug-likeness (QED) is 0.644. The summed E-state index contributed by atoms with van der Waals surface area (Å²) in [5, 5.41) is 2.80.